The maximum Gasteiger partial charge on any atom is 0.231 e. The third-order valence-electron chi connectivity index (χ3n) is 2.38. The lowest BCUT2D eigenvalue weighted by molar-refractivity contribution is 0.174. The SMILES string of the molecule is COc1cc2c(cc1C(N)CN)OCO2. The number of fused-ring (bicyclic) bond motifs is 1. The summed E-state index contributed by atoms with van der Waals surface area (Å²) in [4.78, 5) is 0. The molecule has 0 saturated carbocycles. The summed E-state index contributed by atoms with van der Waals surface area (Å²) in [7, 11) is 1.59. The average molecular weight is 210 g/mol. The minimum absolute atomic E-state index is 0.236. The predicted molar refractivity (Wildman–Crippen MR) is 55.1 cm³/mol. The van der Waals surface area contributed by atoms with Gasteiger partial charge in [0.2, 0.25) is 6.79 Å². The van der Waals surface area contributed by atoms with E-state index in [2.05, 4.69) is 0 Å². The fourth-order valence-electron chi connectivity index (χ4n) is 1.53. The summed E-state index contributed by atoms with van der Waals surface area (Å²) >= 11 is 0. The van der Waals surface area contributed by atoms with E-state index < -0.39 is 0 Å². The van der Waals surface area contributed by atoms with E-state index in [1.807, 2.05) is 6.07 Å². The van der Waals surface area contributed by atoms with Crippen LogP contribution in [0.3, 0.4) is 0 Å². The van der Waals surface area contributed by atoms with Gasteiger partial charge in [0.05, 0.1) is 7.11 Å². The summed E-state index contributed by atoms with van der Waals surface area (Å²) in [6, 6.07) is 3.33. The van der Waals surface area contributed by atoms with Crippen LogP contribution in [0.1, 0.15) is 11.6 Å². The molecule has 5 heteroatoms. The molecule has 82 valence electrons. The number of methoxy groups -OCH3 is 1. The average Bonchev–Trinajstić information content (AvgIpc) is 2.73. The van der Waals surface area contributed by atoms with Crippen LogP contribution >= 0.6 is 0 Å². The Balaban J connectivity index is 2.44. The topological polar surface area (TPSA) is 79.7 Å². The molecule has 5 nitrogen and oxygen atoms in total. The highest BCUT2D eigenvalue weighted by Gasteiger charge is 2.20. The molecule has 1 aromatic rings. The van der Waals surface area contributed by atoms with Gasteiger partial charge in [0, 0.05) is 24.2 Å². The van der Waals surface area contributed by atoms with E-state index in [9.17, 15) is 0 Å². The van der Waals surface area contributed by atoms with Crippen LogP contribution in [-0.4, -0.2) is 20.4 Å². The molecule has 1 atom stereocenters. The van der Waals surface area contributed by atoms with Crippen LogP contribution in [0, 0.1) is 0 Å². The van der Waals surface area contributed by atoms with Gasteiger partial charge in [0.15, 0.2) is 11.5 Å². The molecule has 4 N–H and O–H groups in total. The van der Waals surface area contributed by atoms with Crippen molar-refractivity contribution in [3.8, 4) is 17.2 Å². The van der Waals surface area contributed by atoms with Crippen LogP contribution in [-0.2, 0) is 0 Å². The van der Waals surface area contributed by atoms with Crippen molar-refractivity contribution in [3.05, 3.63) is 17.7 Å². The van der Waals surface area contributed by atoms with E-state index in [1.54, 1.807) is 13.2 Å². The maximum absolute atomic E-state index is 5.86. The molecule has 1 aromatic carbocycles. The lowest BCUT2D eigenvalue weighted by Gasteiger charge is -2.14. The normalized spacial score (nSPS) is 15.1. The summed E-state index contributed by atoms with van der Waals surface area (Å²) in [5.74, 6) is 2.05. The first-order chi connectivity index (χ1) is 7.26. The zero-order valence-electron chi connectivity index (χ0n) is 8.53. The number of nitrogens with two attached hydrogens (primary N) is 2. The standard InChI is InChI=1S/C10H14N2O3/c1-13-8-3-10-9(14-5-15-10)2-6(8)7(12)4-11/h2-3,7H,4-5,11-12H2,1H3. The Morgan fingerprint density at radius 1 is 1.40 bits per heavy atom. The third kappa shape index (κ3) is 1.71. The van der Waals surface area contributed by atoms with Crippen LogP contribution < -0.4 is 25.7 Å². The molecular formula is C10H14N2O3. The molecule has 1 aliphatic rings. The summed E-state index contributed by atoms with van der Waals surface area (Å²) in [5.41, 5.74) is 12.2. The largest absolute Gasteiger partial charge is 0.496 e. The lowest BCUT2D eigenvalue weighted by atomic mass is 10.1. The fraction of sp³-hybridized carbons (Fsp3) is 0.400. The van der Waals surface area contributed by atoms with Crippen molar-refractivity contribution < 1.29 is 14.2 Å². The molecule has 0 aliphatic carbocycles. The van der Waals surface area contributed by atoms with Gasteiger partial charge in [-0.1, -0.05) is 0 Å². The molecule has 1 unspecified atom stereocenters. The van der Waals surface area contributed by atoms with Crippen molar-refractivity contribution in [2.24, 2.45) is 11.5 Å². The predicted octanol–water partition coefficient (Wildman–Crippen LogP) is 0.382. The van der Waals surface area contributed by atoms with Gasteiger partial charge in [-0.05, 0) is 6.07 Å². The van der Waals surface area contributed by atoms with Crippen molar-refractivity contribution in [3.63, 3.8) is 0 Å². The third-order valence-corrected chi connectivity index (χ3v) is 2.38. The highest BCUT2D eigenvalue weighted by molar-refractivity contribution is 5.52. The monoisotopic (exact) mass is 210 g/mol. The van der Waals surface area contributed by atoms with Gasteiger partial charge >= 0.3 is 0 Å². The number of ether oxygens (including phenoxy) is 3. The molecule has 0 radical (unpaired) electrons. The highest BCUT2D eigenvalue weighted by atomic mass is 16.7. The van der Waals surface area contributed by atoms with E-state index in [0.29, 0.717) is 23.8 Å². The summed E-state index contributed by atoms with van der Waals surface area (Å²) < 4.78 is 15.7. The van der Waals surface area contributed by atoms with Gasteiger partial charge in [-0.15, -0.1) is 0 Å². The number of hydrogen-bond donors (Lipinski definition) is 2. The smallest absolute Gasteiger partial charge is 0.231 e. The second-order valence-corrected chi connectivity index (χ2v) is 3.29. The second kappa shape index (κ2) is 3.96. The fourth-order valence-corrected chi connectivity index (χ4v) is 1.53. The Kier molecular flexibility index (Phi) is 2.66. The van der Waals surface area contributed by atoms with Crippen molar-refractivity contribution in [2.45, 2.75) is 6.04 Å². The summed E-state index contributed by atoms with van der Waals surface area (Å²) in [5, 5.41) is 0. The molecule has 0 bridgehead atoms. The zero-order valence-corrected chi connectivity index (χ0v) is 8.53. The van der Waals surface area contributed by atoms with Crippen LogP contribution in [0.4, 0.5) is 0 Å². The molecule has 2 rings (SSSR count). The van der Waals surface area contributed by atoms with Crippen LogP contribution in [0.25, 0.3) is 0 Å². The van der Waals surface area contributed by atoms with Gasteiger partial charge in [-0.3, -0.25) is 0 Å². The van der Waals surface area contributed by atoms with Crippen molar-refractivity contribution in [1.29, 1.82) is 0 Å². The first kappa shape index (κ1) is 10.1. The first-order valence-corrected chi connectivity index (χ1v) is 4.69. The Morgan fingerprint density at radius 3 is 2.67 bits per heavy atom. The van der Waals surface area contributed by atoms with Gasteiger partial charge in [-0.25, -0.2) is 0 Å². The van der Waals surface area contributed by atoms with Gasteiger partial charge in [0.1, 0.15) is 5.75 Å². The minimum atomic E-state index is -0.255. The summed E-state index contributed by atoms with van der Waals surface area (Å²) in [6.07, 6.45) is 0. The lowest BCUT2D eigenvalue weighted by Crippen LogP contribution is -2.21. The zero-order chi connectivity index (χ0) is 10.8. The van der Waals surface area contributed by atoms with E-state index in [4.69, 9.17) is 25.7 Å². The molecule has 15 heavy (non-hydrogen) atoms. The molecule has 0 saturated heterocycles. The molecule has 0 aromatic heterocycles. The van der Waals surface area contributed by atoms with Gasteiger partial charge < -0.3 is 25.7 Å². The van der Waals surface area contributed by atoms with E-state index in [-0.39, 0.29) is 12.8 Å². The Morgan fingerprint density at radius 2 is 2.07 bits per heavy atom. The first-order valence-electron chi connectivity index (χ1n) is 4.69. The molecule has 0 fully saturated rings. The Hall–Kier alpha value is -1.46. The Bertz CT molecular complexity index is 368. The van der Waals surface area contributed by atoms with Crippen LogP contribution in [0.2, 0.25) is 0 Å². The van der Waals surface area contributed by atoms with Gasteiger partial charge in [0.25, 0.3) is 0 Å². The molecule has 0 spiro atoms. The Labute approximate surface area is 87.9 Å². The van der Waals surface area contributed by atoms with Crippen molar-refractivity contribution in [2.75, 3.05) is 20.4 Å². The highest BCUT2D eigenvalue weighted by Crippen LogP contribution is 2.39. The van der Waals surface area contributed by atoms with Crippen molar-refractivity contribution in [1.82, 2.24) is 0 Å². The quantitative estimate of drug-likeness (QED) is 0.754. The number of rotatable bonds is 3. The molecule has 1 heterocycles. The second-order valence-electron chi connectivity index (χ2n) is 3.29. The minimum Gasteiger partial charge on any atom is -0.496 e. The van der Waals surface area contributed by atoms with Crippen LogP contribution in [0.15, 0.2) is 12.1 Å². The number of hydrogen-bond acceptors (Lipinski definition) is 5. The molecular weight excluding hydrogens is 196 g/mol. The van der Waals surface area contributed by atoms with Gasteiger partial charge in [-0.2, -0.15) is 0 Å². The van der Waals surface area contributed by atoms with Crippen molar-refractivity contribution >= 4 is 0 Å². The summed E-state index contributed by atoms with van der Waals surface area (Å²) in [6.45, 7) is 0.593. The van der Waals surface area contributed by atoms with E-state index >= 15 is 0 Å². The molecule has 1 aliphatic heterocycles. The number of benzene rings is 1. The van der Waals surface area contributed by atoms with E-state index in [1.165, 1.54) is 0 Å². The van der Waals surface area contributed by atoms with E-state index in [0.717, 1.165) is 5.56 Å². The molecule has 0 amide bonds. The maximum atomic E-state index is 5.86. The van der Waals surface area contributed by atoms with Crippen LogP contribution in [0.5, 0.6) is 17.2 Å².